The largest absolute Gasteiger partial charge is 0.493 e. The minimum Gasteiger partial charge on any atom is -0.493 e. The van der Waals surface area contributed by atoms with Crippen LogP contribution in [-0.2, 0) is 6.54 Å². The molecular weight excluding hydrogens is 392 g/mol. The van der Waals surface area contributed by atoms with Gasteiger partial charge in [-0.15, -0.1) is 0 Å². The van der Waals surface area contributed by atoms with Gasteiger partial charge >= 0.3 is 6.03 Å². The molecule has 31 heavy (non-hydrogen) atoms. The second-order valence-corrected chi connectivity index (χ2v) is 7.64. The summed E-state index contributed by atoms with van der Waals surface area (Å²) in [7, 11) is 1.60. The molecule has 0 unspecified atom stereocenters. The first-order valence-electron chi connectivity index (χ1n) is 11.0. The summed E-state index contributed by atoms with van der Waals surface area (Å²) in [5.74, 6) is 1.27. The zero-order valence-corrected chi connectivity index (χ0v) is 18.6. The van der Waals surface area contributed by atoms with Crippen molar-refractivity contribution in [3.05, 3.63) is 54.1 Å². The highest BCUT2D eigenvalue weighted by molar-refractivity contribution is 5.89. The molecule has 1 aliphatic rings. The van der Waals surface area contributed by atoms with Crippen molar-refractivity contribution in [2.75, 3.05) is 58.3 Å². The number of nitrogens with zero attached hydrogens (tertiary/aromatic N) is 2. The van der Waals surface area contributed by atoms with Crippen LogP contribution in [0.25, 0.3) is 0 Å². The van der Waals surface area contributed by atoms with Crippen molar-refractivity contribution in [2.24, 2.45) is 0 Å². The monoisotopic (exact) mass is 426 g/mol. The van der Waals surface area contributed by atoms with E-state index in [-0.39, 0.29) is 6.03 Å². The van der Waals surface area contributed by atoms with Gasteiger partial charge in [0.25, 0.3) is 0 Å². The van der Waals surface area contributed by atoms with E-state index in [9.17, 15) is 4.79 Å². The van der Waals surface area contributed by atoms with Crippen LogP contribution in [-0.4, -0.2) is 68.8 Å². The maximum atomic E-state index is 12.2. The number of carbonyl (C=O) groups is 1. The van der Waals surface area contributed by atoms with E-state index in [1.807, 2.05) is 6.92 Å². The summed E-state index contributed by atoms with van der Waals surface area (Å²) in [5.41, 5.74) is 2.05. The number of rotatable bonds is 10. The molecule has 1 heterocycles. The van der Waals surface area contributed by atoms with Gasteiger partial charge in [0, 0.05) is 51.0 Å². The van der Waals surface area contributed by atoms with Crippen LogP contribution in [0.15, 0.2) is 48.5 Å². The SMILES string of the molecule is CCOc1cc(NC(=O)NCCCN2CCN(Cc3ccccc3)CC2)ccc1OC. The first-order valence-corrected chi connectivity index (χ1v) is 11.0. The standard InChI is InChI=1S/C24H34N4O3/c1-3-31-23-18-21(10-11-22(23)30-2)26-24(29)25-12-7-13-27-14-16-28(17-15-27)19-20-8-5-4-6-9-20/h4-6,8-11,18H,3,7,12-17,19H2,1-2H3,(H2,25,26,29). The van der Waals surface area contributed by atoms with Gasteiger partial charge in [-0.2, -0.15) is 0 Å². The van der Waals surface area contributed by atoms with E-state index in [1.54, 1.807) is 25.3 Å². The minimum absolute atomic E-state index is 0.208. The highest BCUT2D eigenvalue weighted by Crippen LogP contribution is 2.30. The predicted octanol–water partition coefficient (Wildman–Crippen LogP) is 3.42. The number of methoxy groups -OCH3 is 1. The molecule has 0 aliphatic carbocycles. The van der Waals surface area contributed by atoms with E-state index >= 15 is 0 Å². The Kier molecular flexibility index (Phi) is 8.99. The minimum atomic E-state index is -0.208. The molecule has 0 spiro atoms. The molecule has 0 aromatic heterocycles. The Hall–Kier alpha value is -2.77. The van der Waals surface area contributed by atoms with Crippen molar-refractivity contribution in [2.45, 2.75) is 19.9 Å². The maximum absolute atomic E-state index is 12.2. The number of carbonyl (C=O) groups excluding carboxylic acids is 1. The normalized spacial score (nSPS) is 14.8. The summed E-state index contributed by atoms with van der Waals surface area (Å²) >= 11 is 0. The molecule has 7 heteroatoms. The molecule has 0 atom stereocenters. The zero-order valence-electron chi connectivity index (χ0n) is 18.6. The van der Waals surface area contributed by atoms with E-state index in [1.165, 1.54) is 5.56 Å². The van der Waals surface area contributed by atoms with Crippen molar-refractivity contribution >= 4 is 11.7 Å². The Bertz CT molecular complexity index is 808. The molecule has 0 radical (unpaired) electrons. The van der Waals surface area contributed by atoms with E-state index < -0.39 is 0 Å². The number of anilines is 1. The Morgan fingerprint density at radius 3 is 2.45 bits per heavy atom. The van der Waals surface area contributed by atoms with Gasteiger partial charge in [-0.05, 0) is 37.6 Å². The predicted molar refractivity (Wildman–Crippen MR) is 124 cm³/mol. The summed E-state index contributed by atoms with van der Waals surface area (Å²) in [6, 6.07) is 15.8. The van der Waals surface area contributed by atoms with Crippen molar-refractivity contribution < 1.29 is 14.3 Å². The first-order chi connectivity index (χ1) is 15.2. The van der Waals surface area contributed by atoms with E-state index in [0.29, 0.717) is 30.3 Å². The number of urea groups is 1. The van der Waals surface area contributed by atoms with Crippen LogP contribution in [0.2, 0.25) is 0 Å². The lowest BCUT2D eigenvalue weighted by Gasteiger charge is -2.34. The quantitative estimate of drug-likeness (QED) is 0.570. The third-order valence-electron chi connectivity index (χ3n) is 5.37. The fourth-order valence-corrected chi connectivity index (χ4v) is 3.72. The van der Waals surface area contributed by atoms with Crippen molar-refractivity contribution in [3.63, 3.8) is 0 Å². The number of ether oxygens (including phenoxy) is 2. The number of piperazine rings is 1. The van der Waals surface area contributed by atoms with Crippen molar-refractivity contribution in [1.29, 1.82) is 0 Å². The van der Waals surface area contributed by atoms with Crippen LogP contribution in [0.3, 0.4) is 0 Å². The highest BCUT2D eigenvalue weighted by atomic mass is 16.5. The fraction of sp³-hybridized carbons (Fsp3) is 0.458. The van der Waals surface area contributed by atoms with Crippen molar-refractivity contribution in [3.8, 4) is 11.5 Å². The van der Waals surface area contributed by atoms with Crippen LogP contribution >= 0.6 is 0 Å². The Morgan fingerprint density at radius 2 is 1.74 bits per heavy atom. The Morgan fingerprint density at radius 1 is 1.00 bits per heavy atom. The van der Waals surface area contributed by atoms with Crippen molar-refractivity contribution in [1.82, 2.24) is 15.1 Å². The highest BCUT2D eigenvalue weighted by Gasteiger charge is 2.16. The second kappa shape index (κ2) is 12.2. The average molecular weight is 427 g/mol. The molecule has 1 fully saturated rings. The fourth-order valence-electron chi connectivity index (χ4n) is 3.72. The molecule has 3 rings (SSSR count). The molecule has 2 aromatic rings. The van der Waals surface area contributed by atoms with Gasteiger partial charge in [-0.3, -0.25) is 4.90 Å². The second-order valence-electron chi connectivity index (χ2n) is 7.64. The maximum Gasteiger partial charge on any atom is 0.319 e. The van der Waals surface area contributed by atoms with Gasteiger partial charge in [-0.25, -0.2) is 4.79 Å². The molecule has 2 aromatic carbocycles. The summed E-state index contributed by atoms with van der Waals surface area (Å²) in [6.07, 6.45) is 0.929. The number of amides is 2. The van der Waals surface area contributed by atoms with E-state index in [2.05, 4.69) is 50.8 Å². The topological polar surface area (TPSA) is 66.1 Å². The van der Waals surface area contributed by atoms with Crippen LogP contribution in [0.1, 0.15) is 18.9 Å². The molecule has 1 aliphatic heterocycles. The Labute approximate surface area is 185 Å². The van der Waals surface area contributed by atoms with E-state index in [0.717, 1.165) is 45.7 Å². The zero-order chi connectivity index (χ0) is 21.9. The van der Waals surface area contributed by atoms with Gasteiger partial charge in [0.05, 0.1) is 13.7 Å². The average Bonchev–Trinajstić information content (AvgIpc) is 2.79. The lowest BCUT2D eigenvalue weighted by molar-refractivity contribution is 0.126. The molecule has 1 saturated heterocycles. The van der Waals surface area contributed by atoms with E-state index in [4.69, 9.17) is 9.47 Å². The molecule has 168 valence electrons. The third kappa shape index (κ3) is 7.45. The lowest BCUT2D eigenvalue weighted by Crippen LogP contribution is -2.46. The van der Waals surface area contributed by atoms with Crippen LogP contribution in [0, 0.1) is 0 Å². The molecule has 7 nitrogen and oxygen atoms in total. The van der Waals surface area contributed by atoms with Crippen LogP contribution in [0.4, 0.5) is 10.5 Å². The van der Waals surface area contributed by atoms with Crippen LogP contribution < -0.4 is 20.1 Å². The summed E-state index contributed by atoms with van der Waals surface area (Å²) in [4.78, 5) is 17.2. The molecule has 2 N–H and O–H groups in total. The van der Waals surface area contributed by atoms with Gasteiger partial charge < -0.3 is 25.0 Å². The number of benzene rings is 2. The Balaban J connectivity index is 1.31. The third-order valence-corrected chi connectivity index (χ3v) is 5.37. The van der Waals surface area contributed by atoms with Gasteiger partial charge in [0.2, 0.25) is 0 Å². The number of hydrogen-bond donors (Lipinski definition) is 2. The summed E-state index contributed by atoms with van der Waals surface area (Å²) in [6.45, 7) is 9.43. The van der Waals surface area contributed by atoms with Gasteiger partial charge in [0.1, 0.15) is 0 Å². The molecular formula is C24H34N4O3. The number of hydrogen-bond acceptors (Lipinski definition) is 5. The summed E-state index contributed by atoms with van der Waals surface area (Å²) in [5, 5.41) is 5.79. The number of nitrogens with one attached hydrogen (secondary N) is 2. The molecule has 0 bridgehead atoms. The van der Waals surface area contributed by atoms with Gasteiger partial charge in [0.15, 0.2) is 11.5 Å². The van der Waals surface area contributed by atoms with Crippen LogP contribution in [0.5, 0.6) is 11.5 Å². The van der Waals surface area contributed by atoms with Gasteiger partial charge in [-0.1, -0.05) is 30.3 Å². The summed E-state index contributed by atoms with van der Waals surface area (Å²) < 4.78 is 10.8. The smallest absolute Gasteiger partial charge is 0.319 e. The molecule has 2 amide bonds. The first kappa shape index (κ1) is 22.9. The molecule has 0 saturated carbocycles. The lowest BCUT2D eigenvalue weighted by atomic mass is 10.2.